The molecule has 0 fully saturated rings. The molecule has 0 bridgehead atoms. The van der Waals surface area contributed by atoms with E-state index in [4.69, 9.17) is 5.26 Å². The van der Waals surface area contributed by atoms with Gasteiger partial charge in [0.05, 0.1) is 11.3 Å². The highest BCUT2D eigenvalue weighted by molar-refractivity contribution is 5.94. The minimum Gasteiger partial charge on any atom is -0.330 e. The zero-order valence-electron chi connectivity index (χ0n) is 12.8. The Hall–Kier alpha value is -2.64. The molecule has 0 aliphatic carbocycles. The lowest BCUT2D eigenvalue weighted by Gasteiger charge is -2.17. The lowest BCUT2D eigenvalue weighted by atomic mass is 10.1. The molecule has 112 valence electrons. The van der Waals surface area contributed by atoms with Crippen LogP contribution in [0.15, 0.2) is 54.6 Å². The number of hydrogen-bond acceptors (Lipinski definition) is 2. The zero-order chi connectivity index (χ0) is 15.9. The lowest BCUT2D eigenvalue weighted by Crippen LogP contribution is -2.91. The van der Waals surface area contributed by atoms with E-state index in [2.05, 4.69) is 30.4 Å². The van der Waals surface area contributed by atoms with E-state index in [0.29, 0.717) is 11.3 Å². The van der Waals surface area contributed by atoms with E-state index < -0.39 is 0 Å². The Morgan fingerprint density at radius 2 is 1.73 bits per heavy atom. The second-order valence-corrected chi connectivity index (χ2v) is 5.33. The summed E-state index contributed by atoms with van der Waals surface area (Å²) in [6, 6.07) is 19.1. The third-order valence-electron chi connectivity index (χ3n) is 3.62. The summed E-state index contributed by atoms with van der Waals surface area (Å²) in [4.78, 5) is 12.3. The van der Waals surface area contributed by atoms with Crippen molar-refractivity contribution < 1.29 is 10.1 Å². The van der Waals surface area contributed by atoms with Gasteiger partial charge in [0.2, 0.25) is 0 Å². The first kappa shape index (κ1) is 15.7. The van der Waals surface area contributed by atoms with Crippen molar-refractivity contribution in [3.8, 4) is 6.07 Å². The van der Waals surface area contributed by atoms with Gasteiger partial charge in [-0.05, 0) is 26.0 Å². The van der Waals surface area contributed by atoms with Crippen molar-refractivity contribution in [3.05, 3.63) is 65.7 Å². The number of carbonyl (C=O) groups is 1. The van der Waals surface area contributed by atoms with E-state index in [1.54, 1.807) is 24.3 Å². The van der Waals surface area contributed by atoms with Crippen LogP contribution in [-0.2, 0) is 4.79 Å². The van der Waals surface area contributed by atoms with Crippen LogP contribution in [0.5, 0.6) is 0 Å². The minimum absolute atomic E-state index is 0.106. The quantitative estimate of drug-likeness (QED) is 0.887. The number of amides is 1. The number of nitrogens with one attached hydrogen (secondary N) is 1. The predicted molar refractivity (Wildman–Crippen MR) is 86.0 cm³/mol. The molecule has 1 amide bonds. The lowest BCUT2D eigenvalue weighted by molar-refractivity contribution is -0.709. The van der Waals surface area contributed by atoms with Gasteiger partial charge < -0.3 is 10.6 Å². The third-order valence-corrected chi connectivity index (χ3v) is 3.62. The SMILES string of the molecule is C[C@@H]([NH2+][C@H](C)c1ccccc1)C(=O)Nc1ccccc1C#N. The number of benzene rings is 2. The summed E-state index contributed by atoms with van der Waals surface area (Å²) >= 11 is 0. The van der Waals surface area contributed by atoms with Gasteiger partial charge in [0.25, 0.3) is 5.91 Å². The zero-order valence-corrected chi connectivity index (χ0v) is 12.8. The Balaban J connectivity index is 1.99. The van der Waals surface area contributed by atoms with Gasteiger partial charge in [-0.2, -0.15) is 5.26 Å². The molecule has 0 aliphatic rings. The van der Waals surface area contributed by atoms with E-state index in [-0.39, 0.29) is 18.0 Å². The largest absolute Gasteiger partial charge is 0.330 e. The number of para-hydroxylation sites is 1. The van der Waals surface area contributed by atoms with Crippen LogP contribution in [-0.4, -0.2) is 11.9 Å². The summed E-state index contributed by atoms with van der Waals surface area (Å²) in [7, 11) is 0. The number of rotatable bonds is 5. The normalized spacial score (nSPS) is 13.0. The van der Waals surface area contributed by atoms with Crippen molar-refractivity contribution in [3.63, 3.8) is 0 Å². The molecule has 0 spiro atoms. The van der Waals surface area contributed by atoms with Crippen molar-refractivity contribution in [2.24, 2.45) is 0 Å². The number of nitrogens with zero attached hydrogens (tertiary/aromatic N) is 1. The summed E-state index contributed by atoms with van der Waals surface area (Å²) in [5, 5.41) is 13.9. The van der Waals surface area contributed by atoms with Crippen LogP contribution in [0, 0.1) is 11.3 Å². The molecule has 22 heavy (non-hydrogen) atoms. The summed E-state index contributed by atoms with van der Waals surface area (Å²) in [6.07, 6.45) is 0. The summed E-state index contributed by atoms with van der Waals surface area (Å²) in [6.45, 7) is 3.94. The molecule has 0 unspecified atom stereocenters. The molecule has 2 aromatic rings. The highest BCUT2D eigenvalue weighted by Crippen LogP contribution is 2.13. The molecule has 0 aliphatic heterocycles. The highest BCUT2D eigenvalue weighted by atomic mass is 16.2. The van der Waals surface area contributed by atoms with Gasteiger partial charge in [-0.1, -0.05) is 42.5 Å². The molecule has 0 saturated carbocycles. The summed E-state index contributed by atoms with van der Waals surface area (Å²) < 4.78 is 0. The van der Waals surface area contributed by atoms with Crippen LogP contribution >= 0.6 is 0 Å². The fourth-order valence-corrected chi connectivity index (χ4v) is 2.32. The van der Waals surface area contributed by atoms with Crippen LogP contribution in [0.4, 0.5) is 5.69 Å². The Morgan fingerprint density at radius 1 is 1.09 bits per heavy atom. The third kappa shape index (κ3) is 3.94. The van der Waals surface area contributed by atoms with Crippen molar-refractivity contribution in [2.45, 2.75) is 25.9 Å². The van der Waals surface area contributed by atoms with E-state index >= 15 is 0 Å². The number of nitriles is 1. The van der Waals surface area contributed by atoms with E-state index in [9.17, 15) is 4.79 Å². The van der Waals surface area contributed by atoms with E-state index in [1.807, 2.05) is 30.4 Å². The molecule has 4 nitrogen and oxygen atoms in total. The van der Waals surface area contributed by atoms with E-state index in [0.717, 1.165) is 0 Å². The number of carbonyl (C=O) groups excluding carboxylic acids is 1. The van der Waals surface area contributed by atoms with Crippen LogP contribution in [0.1, 0.15) is 31.0 Å². The van der Waals surface area contributed by atoms with Crippen molar-refractivity contribution in [1.29, 1.82) is 5.26 Å². The Kier molecular flexibility index (Phi) is 5.29. The van der Waals surface area contributed by atoms with Crippen LogP contribution < -0.4 is 10.6 Å². The average molecular weight is 294 g/mol. The maximum absolute atomic E-state index is 12.3. The van der Waals surface area contributed by atoms with Crippen molar-refractivity contribution >= 4 is 11.6 Å². The maximum atomic E-state index is 12.3. The number of hydrogen-bond donors (Lipinski definition) is 2. The van der Waals surface area contributed by atoms with Gasteiger partial charge >= 0.3 is 0 Å². The first-order valence-electron chi connectivity index (χ1n) is 7.31. The molecule has 0 aromatic heterocycles. The van der Waals surface area contributed by atoms with Gasteiger partial charge in [0.15, 0.2) is 6.04 Å². The smallest absolute Gasteiger partial charge is 0.282 e. The van der Waals surface area contributed by atoms with Gasteiger partial charge in [-0.15, -0.1) is 0 Å². The number of nitrogens with two attached hydrogens (primary N) is 1. The second-order valence-electron chi connectivity index (χ2n) is 5.33. The fraction of sp³-hybridized carbons (Fsp3) is 0.222. The van der Waals surface area contributed by atoms with Gasteiger partial charge in [0.1, 0.15) is 12.1 Å². The standard InChI is InChI=1S/C18H19N3O/c1-13(15-8-4-3-5-9-15)20-14(2)18(22)21-17-11-7-6-10-16(17)12-19/h3-11,13-14,20H,1-2H3,(H,21,22)/p+1/t13-,14-/m1/s1. The van der Waals surface area contributed by atoms with Gasteiger partial charge in [-0.25, -0.2) is 0 Å². The fourth-order valence-electron chi connectivity index (χ4n) is 2.32. The van der Waals surface area contributed by atoms with Crippen molar-refractivity contribution in [2.75, 3.05) is 5.32 Å². The molecular weight excluding hydrogens is 274 g/mol. The summed E-state index contributed by atoms with van der Waals surface area (Å²) in [5.41, 5.74) is 2.21. The van der Waals surface area contributed by atoms with E-state index in [1.165, 1.54) is 5.56 Å². The monoisotopic (exact) mass is 294 g/mol. The Bertz CT molecular complexity index is 676. The molecule has 2 rings (SSSR count). The molecule has 2 aromatic carbocycles. The minimum atomic E-state index is -0.248. The first-order valence-corrected chi connectivity index (χ1v) is 7.31. The van der Waals surface area contributed by atoms with Crippen LogP contribution in [0.25, 0.3) is 0 Å². The molecule has 0 heterocycles. The average Bonchev–Trinajstić information content (AvgIpc) is 2.56. The Morgan fingerprint density at radius 3 is 2.41 bits per heavy atom. The van der Waals surface area contributed by atoms with Crippen LogP contribution in [0.3, 0.4) is 0 Å². The molecule has 3 N–H and O–H groups in total. The number of anilines is 1. The molecule has 0 radical (unpaired) electrons. The van der Waals surface area contributed by atoms with Gasteiger partial charge in [-0.3, -0.25) is 4.79 Å². The highest BCUT2D eigenvalue weighted by Gasteiger charge is 2.20. The summed E-state index contributed by atoms with van der Waals surface area (Å²) in [5.74, 6) is -0.106. The van der Waals surface area contributed by atoms with Crippen LogP contribution in [0.2, 0.25) is 0 Å². The Labute approximate surface area is 130 Å². The first-order chi connectivity index (χ1) is 10.6. The topological polar surface area (TPSA) is 69.5 Å². The van der Waals surface area contributed by atoms with Gasteiger partial charge in [0, 0.05) is 5.56 Å². The molecule has 4 heteroatoms. The van der Waals surface area contributed by atoms with Crippen molar-refractivity contribution in [1.82, 2.24) is 0 Å². The predicted octanol–water partition coefficient (Wildman–Crippen LogP) is 2.21. The molecular formula is C18H20N3O+. The molecule has 0 saturated heterocycles. The second kappa shape index (κ2) is 7.39. The number of quaternary nitrogens is 1. The molecule has 2 atom stereocenters. The maximum Gasteiger partial charge on any atom is 0.282 e.